The zero-order valence-corrected chi connectivity index (χ0v) is 13.3. The molecule has 2 rings (SSSR count). The van der Waals surface area contributed by atoms with Crippen molar-refractivity contribution in [2.45, 2.75) is 26.3 Å². The third-order valence-corrected chi connectivity index (χ3v) is 2.80. The monoisotopic (exact) mass is 302 g/mol. The number of nitrogens with two attached hydrogens (primary N) is 1. The standard InChI is InChI=1S/C15H22N6O/c1-15(2,3)21-20-14-12(16)13(17-9-18-14)19-10-7-5-6-8-11(10)22-4/h5-9,21H,16H2,1-4H3,(H2,17,18,19,20). The fourth-order valence-corrected chi connectivity index (χ4v) is 1.72. The Hall–Kier alpha value is -2.54. The van der Waals surface area contributed by atoms with E-state index in [2.05, 4.69) is 26.1 Å². The highest BCUT2D eigenvalue weighted by atomic mass is 16.5. The van der Waals surface area contributed by atoms with E-state index in [0.717, 1.165) is 5.69 Å². The quantitative estimate of drug-likeness (QED) is 0.630. The lowest BCUT2D eigenvalue weighted by Crippen LogP contribution is -2.40. The van der Waals surface area contributed by atoms with Crippen molar-refractivity contribution in [1.82, 2.24) is 15.4 Å². The smallest absolute Gasteiger partial charge is 0.169 e. The second-order valence-corrected chi connectivity index (χ2v) is 5.81. The molecule has 7 heteroatoms. The molecule has 22 heavy (non-hydrogen) atoms. The number of ether oxygens (including phenoxy) is 1. The molecular weight excluding hydrogens is 280 g/mol. The topological polar surface area (TPSA) is 97.1 Å². The molecule has 2 aromatic rings. The summed E-state index contributed by atoms with van der Waals surface area (Å²) in [4.78, 5) is 8.33. The molecule has 0 aliphatic carbocycles. The van der Waals surface area contributed by atoms with E-state index in [1.807, 2.05) is 45.0 Å². The van der Waals surface area contributed by atoms with Gasteiger partial charge < -0.3 is 21.2 Å². The molecule has 7 nitrogen and oxygen atoms in total. The molecule has 0 saturated heterocycles. The van der Waals surface area contributed by atoms with E-state index in [9.17, 15) is 0 Å². The highest BCUT2D eigenvalue weighted by Crippen LogP contribution is 2.30. The van der Waals surface area contributed by atoms with Gasteiger partial charge >= 0.3 is 0 Å². The Balaban J connectivity index is 2.22. The summed E-state index contributed by atoms with van der Waals surface area (Å²) in [5, 5.41) is 3.16. The number of nitrogens with zero attached hydrogens (tertiary/aromatic N) is 2. The maximum Gasteiger partial charge on any atom is 0.169 e. The van der Waals surface area contributed by atoms with Crippen molar-refractivity contribution in [3.8, 4) is 5.75 Å². The van der Waals surface area contributed by atoms with E-state index in [1.165, 1.54) is 6.33 Å². The number of benzene rings is 1. The number of nitrogens with one attached hydrogen (secondary N) is 3. The largest absolute Gasteiger partial charge is 0.495 e. The lowest BCUT2D eigenvalue weighted by atomic mass is 10.1. The van der Waals surface area contributed by atoms with Crippen LogP contribution in [0.5, 0.6) is 5.75 Å². The first-order valence-corrected chi connectivity index (χ1v) is 6.94. The SMILES string of the molecule is COc1ccccc1Nc1ncnc(NNC(C)(C)C)c1N. The summed E-state index contributed by atoms with van der Waals surface area (Å²) in [5.74, 6) is 1.74. The number of hydrazine groups is 1. The van der Waals surface area contributed by atoms with Gasteiger partial charge in [0.2, 0.25) is 0 Å². The van der Waals surface area contributed by atoms with Crippen LogP contribution in [-0.2, 0) is 0 Å². The van der Waals surface area contributed by atoms with Crippen molar-refractivity contribution in [3.05, 3.63) is 30.6 Å². The summed E-state index contributed by atoms with van der Waals surface area (Å²) >= 11 is 0. The van der Waals surface area contributed by atoms with Gasteiger partial charge in [0.25, 0.3) is 0 Å². The molecule has 0 saturated carbocycles. The molecule has 5 N–H and O–H groups in total. The third-order valence-electron chi connectivity index (χ3n) is 2.80. The van der Waals surface area contributed by atoms with Crippen LogP contribution >= 0.6 is 0 Å². The lowest BCUT2D eigenvalue weighted by molar-refractivity contribution is 0.417. The predicted octanol–water partition coefficient (Wildman–Crippen LogP) is 2.53. The van der Waals surface area contributed by atoms with Crippen molar-refractivity contribution in [2.24, 2.45) is 0 Å². The maximum absolute atomic E-state index is 6.12. The molecule has 0 unspecified atom stereocenters. The minimum absolute atomic E-state index is 0.117. The first kappa shape index (κ1) is 15.8. The summed E-state index contributed by atoms with van der Waals surface area (Å²) < 4.78 is 5.31. The summed E-state index contributed by atoms with van der Waals surface area (Å²) in [6, 6.07) is 7.55. The molecule has 0 aliphatic rings. The van der Waals surface area contributed by atoms with Crippen LogP contribution in [-0.4, -0.2) is 22.6 Å². The van der Waals surface area contributed by atoms with Crippen LogP contribution in [0.4, 0.5) is 23.0 Å². The van der Waals surface area contributed by atoms with Crippen LogP contribution in [0.1, 0.15) is 20.8 Å². The van der Waals surface area contributed by atoms with Crippen molar-refractivity contribution in [1.29, 1.82) is 0 Å². The molecule has 0 atom stereocenters. The van der Waals surface area contributed by atoms with Crippen molar-refractivity contribution < 1.29 is 4.74 Å². The number of aromatic nitrogens is 2. The summed E-state index contributed by atoms with van der Waals surface area (Å²) in [6.45, 7) is 6.10. The zero-order chi connectivity index (χ0) is 16.2. The fourth-order valence-electron chi connectivity index (χ4n) is 1.72. The molecule has 0 amide bonds. The van der Waals surface area contributed by atoms with E-state index >= 15 is 0 Å². The van der Waals surface area contributed by atoms with Gasteiger partial charge in [-0.15, -0.1) is 0 Å². The zero-order valence-electron chi connectivity index (χ0n) is 13.3. The van der Waals surface area contributed by atoms with E-state index in [0.29, 0.717) is 23.1 Å². The number of para-hydroxylation sites is 2. The third kappa shape index (κ3) is 3.98. The van der Waals surface area contributed by atoms with E-state index in [4.69, 9.17) is 10.5 Å². The second kappa shape index (κ2) is 6.48. The molecule has 118 valence electrons. The Morgan fingerprint density at radius 2 is 1.77 bits per heavy atom. The van der Waals surface area contributed by atoms with Gasteiger partial charge in [-0.2, -0.15) is 0 Å². The molecule has 1 aromatic heterocycles. The van der Waals surface area contributed by atoms with E-state index in [1.54, 1.807) is 7.11 Å². The second-order valence-electron chi connectivity index (χ2n) is 5.81. The first-order chi connectivity index (χ1) is 10.4. The number of methoxy groups -OCH3 is 1. The molecular formula is C15H22N6O. The van der Waals surface area contributed by atoms with Crippen LogP contribution in [0.2, 0.25) is 0 Å². The summed E-state index contributed by atoms with van der Waals surface area (Å²) in [7, 11) is 1.62. The lowest BCUT2D eigenvalue weighted by Gasteiger charge is -2.22. The Bertz CT molecular complexity index is 638. The van der Waals surface area contributed by atoms with Crippen LogP contribution in [0.25, 0.3) is 0 Å². The number of nitrogen functional groups attached to an aromatic ring is 1. The molecule has 1 heterocycles. The molecule has 0 aliphatic heterocycles. The first-order valence-electron chi connectivity index (χ1n) is 6.94. The minimum Gasteiger partial charge on any atom is -0.495 e. The highest BCUT2D eigenvalue weighted by molar-refractivity contribution is 5.78. The van der Waals surface area contributed by atoms with Crippen molar-refractivity contribution in [3.63, 3.8) is 0 Å². The van der Waals surface area contributed by atoms with E-state index in [-0.39, 0.29) is 5.54 Å². The number of anilines is 4. The van der Waals surface area contributed by atoms with Gasteiger partial charge in [0, 0.05) is 5.54 Å². The average Bonchev–Trinajstić information content (AvgIpc) is 2.48. The maximum atomic E-state index is 6.12. The molecule has 0 fully saturated rings. The van der Waals surface area contributed by atoms with Crippen molar-refractivity contribution >= 4 is 23.0 Å². The average molecular weight is 302 g/mol. The van der Waals surface area contributed by atoms with Gasteiger partial charge in [-0.3, -0.25) is 0 Å². The molecule has 0 spiro atoms. The van der Waals surface area contributed by atoms with Crippen molar-refractivity contribution in [2.75, 3.05) is 23.6 Å². The van der Waals surface area contributed by atoms with Gasteiger partial charge in [0.15, 0.2) is 11.6 Å². The number of hydrogen-bond acceptors (Lipinski definition) is 7. The number of hydrogen-bond donors (Lipinski definition) is 4. The minimum atomic E-state index is -0.117. The summed E-state index contributed by atoms with van der Waals surface area (Å²) in [6.07, 6.45) is 1.45. The number of rotatable bonds is 5. The van der Waals surface area contributed by atoms with Crippen LogP contribution in [0.15, 0.2) is 30.6 Å². The Morgan fingerprint density at radius 3 is 2.45 bits per heavy atom. The van der Waals surface area contributed by atoms with Gasteiger partial charge in [-0.1, -0.05) is 12.1 Å². The van der Waals surface area contributed by atoms with Gasteiger partial charge in [0.1, 0.15) is 17.8 Å². The van der Waals surface area contributed by atoms with Crippen LogP contribution < -0.4 is 26.6 Å². The predicted molar refractivity (Wildman–Crippen MR) is 89.2 cm³/mol. The molecule has 0 bridgehead atoms. The van der Waals surface area contributed by atoms with Crippen LogP contribution in [0.3, 0.4) is 0 Å². The van der Waals surface area contributed by atoms with E-state index < -0.39 is 0 Å². The normalized spacial score (nSPS) is 11.1. The van der Waals surface area contributed by atoms with Gasteiger partial charge in [-0.05, 0) is 32.9 Å². The highest BCUT2D eigenvalue weighted by Gasteiger charge is 2.13. The Morgan fingerprint density at radius 1 is 1.09 bits per heavy atom. The van der Waals surface area contributed by atoms with Crippen LogP contribution in [0, 0.1) is 0 Å². The summed E-state index contributed by atoms with van der Waals surface area (Å²) in [5.41, 5.74) is 13.3. The molecule has 1 aromatic carbocycles. The Kier molecular flexibility index (Phi) is 4.67. The fraction of sp³-hybridized carbons (Fsp3) is 0.333. The molecule has 0 radical (unpaired) electrons. The Labute approximate surface area is 130 Å². The van der Waals surface area contributed by atoms with Gasteiger partial charge in [-0.25, -0.2) is 15.4 Å². The van der Waals surface area contributed by atoms with Gasteiger partial charge in [0.05, 0.1) is 12.8 Å².